The van der Waals surface area contributed by atoms with Crippen LogP contribution in [0.1, 0.15) is 37.6 Å². The van der Waals surface area contributed by atoms with Gasteiger partial charge in [0.1, 0.15) is 11.1 Å². The van der Waals surface area contributed by atoms with Crippen molar-refractivity contribution in [3.05, 3.63) is 38.4 Å². The van der Waals surface area contributed by atoms with Crippen LogP contribution in [-0.4, -0.2) is 23.2 Å². The van der Waals surface area contributed by atoms with Crippen LogP contribution in [0.25, 0.3) is 10.4 Å². The van der Waals surface area contributed by atoms with Gasteiger partial charge in [0.05, 0.1) is 11.7 Å². The van der Waals surface area contributed by atoms with Crippen LogP contribution in [0.2, 0.25) is 0 Å². The number of ether oxygens (including phenoxy) is 1. The molecule has 1 aromatic carbocycles. The molecule has 23 heavy (non-hydrogen) atoms. The number of nitrogens with zero attached hydrogens (tertiary/aromatic N) is 3. The number of thioether (sulfide) groups is 1. The van der Waals surface area contributed by atoms with Crippen molar-refractivity contribution in [1.29, 1.82) is 0 Å². The standard InChI is InChI=1S/C14H15BrFN3O3S/c1-4-11(14(21)22-7(2)3)23-12-5-8(13(20)18-19-17)10(16)6-9(12)15/h5-7,11H,4H2,1-3H3. The van der Waals surface area contributed by atoms with Crippen molar-refractivity contribution in [1.82, 2.24) is 0 Å². The minimum Gasteiger partial charge on any atom is -0.462 e. The Morgan fingerprint density at radius 1 is 1.48 bits per heavy atom. The van der Waals surface area contributed by atoms with E-state index in [1.807, 2.05) is 6.92 Å². The summed E-state index contributed by atoms with van der Waals surface area (Å²) in [6.07, 6.45) is 0.260. The van der Waals surface area contributed by atoms with Gasteiger partial charge in [0.2, 0.25) is 0 Å². The Morgan fingerprint density at radius 2 is 2.13 bits per heavy atom. The monoisotopic (exact) mass is 403 g/mol. The van der Waals surface area contributed by atoms with E-state index < -0.39 is 17.0 Å². The maximum absolute atomic E-state index is 13.8. The highest BCUT2D eigenvalue weighted by atomic mass is 79.9. The van der Waals surface area contributed by atoms with Crippen LogP contribution in [0, 0.1) is 5.82 Å². The summed E-state index contributed by atoms with van der Waals surface area (Å²) in [6, 6.07) is 2.36. The second-order valence-corrected chi connectivity index (χ2v) is 6.86. The number of carbonyl (C=O) groups excluding carboxylic acids is 2. The molecule has 0 radical (unpaired) electrons. The number of esters is 1. The largest absolute Gasteiger partial charge is 0.462 e. The summed E-state index contributed by atoms with van der Waals surface area (Å²) in [5.41, 5.74) is 7.95. The molecule has 0 aliphatic rings. The van der Waals surface area contributed by atoms with Gasteiger partial charge in [-0.2, -0.15) is 0 Å². The molecule has 0 N–H and O–H groups in total. The van der Waals surface area contributed by atoms with Crippen LogP contribution in [0.15, 0.2) is 26.6 Å². The molecule has 9 heteroatoms. The molecule has 0 spiro atoms. The third-order valence-corrected chi connectivity index (χ3v) is 4.96. The summed E-state index contributed by atoms with van der Waals surface area (Å²) in [6.45, 7) is 5.32. The third-order valence-electron chi connectivity index (χ3n) is 2.64. The van der Waals surface area contributed by atoms with Crippen molar-refractivity contribution in [3.8, 4) is 0 Å². The number of halogens is 2. The Hall–Kier alpha value is -1.57. The Kier molecular flexibility index (Phi) is 7.54. The van der Waals surface area contributed by atoms with Crippen LogP contribution in [0.3, 0.4) is 0 Å². The Bertz CT molecular complexity index is 663. The molecular weight excluding hydrogens is 389 g/mol. The zero-order valence-electron chi connectivity index (χ0n) is 12.7. The van der Waals surface area contributed by atoms with Gasteiger partial charge in [-0.05, 0) is 59.0 Å². The van der Waals surface area contributed by atoms with E-state index in [2.05, 4.69) is 26.0 Å². The molecule has 1 rings (SSSR count). The van der Waals surface area contributed by atoms with Crippen molar-refractivity contribution >= 4 is 39.6 Å². The zero-order valence-corrected chi connectivity index (χ0v) is 15.1. The van der Waals surface area contributed by atoms with Gasteiger partial charge >= 0.3 is 5.97 Å². The van der Waals surface area contributed by atoms with Crippen LogP contribution in [0.5, 0.6) is 0 Å². The molecular formula is C14H15BrFN3O3S. The normalized spacial score (nSPS) is 11.7. The van der Waals surface area contributed by atoms with E-state index in [0.29, 0.717) is 15.8 Å². The van der Waals surface area contributed by atoms with E-state index in [1.165, 1.54) is 6.07 Å². The number of benzene rings is 1. The first-order valence-electron chi connectivity index (χ1n) is 6.75. The average Bonchev–Trinajstić information content (AvgIpc) is 2.45. The molecule has 0 saturated carbocycles. The summed E-state index contributed by atoms with van der Waals surface area (Å²) >= 11 is 4.35. The van der Waals surface area contributed by atoms with Crippen molar-refractivity contribution in [3.63, 3.8) is 0 Å². The molecule has 0 aliphatic heterocycles. The van der Waals surface area contributed by atoms with Gasteiger partial charge in [-0.15, -0.1) is 11.8 Å². The summed E-state index contributed by atoms with van der Waals surface area (Å²) in [4.78, 5) is 26.5. The Morgan fingerprint density at radius 3 is 2.65 bits per heavy atom. The van der Waals surface area contributed by atoms with Crippen molar-refractivity contribution in [2.75, 3.05) is 0 Å². The van der Waals surface area contributed by atoms with Gasteiger partial charge < -0.3 is 4.74 Å². The molecule has 0 saturated heterocycles. The molecule has 1 atom stereocenters. The Labute approximate surface area is 145 Å². The van der Waals surface area contributed by atoms with Crippen LogP contribution in [0.4, 0.5) is 4.39 Å². The molecule has 0 aliphatic carbocycles. The molecule has 6 nitrogen and oxygen atoms in total. The highest BCUT2D eigenvalue weighted by molar-refractivity contribution is 9.10. The second kappa shape index (κ2) is 8.90. The number of amides is 1. The predicted molar refractivity (Wildman–Crippen MR) is 88.7 cm³/mol. The number of rotatable bonds is 6. The minimum absolute atomic E-state index is 0.240. The van der Waals surface area contributed by atoms with Crippen molar-refractivity contribution in [2.45, 2.75) is 43.4 Å². The summed E-state index contributed by atoms with van der Waals surface area (Å²) in [5, 5.41) is 2.39. The molecule has 0 bridgehead atoms. The van der Waals surface area contributed by atoms with Crippen molar-refractivity contribution in [2.24, 2.45) is 5.11 Å². The van der Waals surface area contributed by atoms with Crippen LogP contribution < -0.4 is 0 Å². The number of hydrogen-bond donors (Lipinski definition) is 0. The molecule has 0 heterocycles. The number of azide groups is 1. The molecule has 1 aromatic rings. The highest BCUT2D eigenvalue weighted by Crippen LogP contribution is 2.34. The average molecular weight is 404 g/mol. The maximum Gasteiger partial charge on any atom is 0.319 e. The molecule has 1 unspecified atom stereocenters. The summed E-state index contributed by atoms with van der Waals surface area (Å²) in [7, 11) is 0. The first kappa shape index (κ1) is 19.5. The van der Waals surface area contributed by atoms with Gasteiger partial charge in [0.15, 0.2) is 0 Å². The third kappa shape index (κ3) is 5.53. The van der Waals surface area contributed by atoms with Crippen LogP contribution >= 0.6 is 27.7 Å². The van der Waals surface area contributed by atoms with E-state index in [0.717, 1.165) is 17.8 Å². The van der Waals surface area contributed by atoms with Gasteiger partial charge in [-0.25, -0.2) is 4.39 Å². The molecule has 124 valence electrons. The SMILES string of the molecule is CCC(Sc1cc(C(=O)N=[N+]=[N-])c(F)cc1Br)C(=O)OC(C)C. The zero-order chi connectivity index (χ0) is 17.6. The fourth-order valence-electron chi connectivity index (χ4n) is 1.64. The smallest absolute Gasteiger partial charge is 0.319 e. The fourth-order valence-corrected chi connectivity index (χ4v) is 3.22. The highest BCUT2D eigenvalue weighted by Gasteiger charge is 2.23. The number of carbonyl (C=O) groups is 2. The topological polar surface area (TPSA) is 92.1 Å². The second-order valence-electron chi connectivity index (χ2n) is 4.76. The van der Waals surface area contributed by atoms with E-state index >= 15 is 0 Å². The lowest BCUT2D eigenvalue weighted by atomic mass is 10.2. The van der Waals surface area contributed by atoms with Gasteiger partial charge in [-0.3, -0.25) is 9.59 Å². The fraction of sp³-hybridized carbons (Fsp3) is 0.429. The van der Waals surface area contributed by atoms with Crippen molar-refractivity contribution < 1.29 is 18.7 Å². The molecule has 1 amide bonds. The van der Waals surface area contributed by atoms with Gasteiger partial charge in [-0.1, -0.05) is 6.92 Å². The molecule has 0 fully saturated rings. The van der Waals surface area contributed by atoms with Gasteiger partial charge in [0, 0.05) is 14.3 Å². The number of hydrogen-bond acceptors (Lipinski definition) is 4. The van der Waals surface area contributed by atoms with E-state index in [1.54, 1.807) is 13.8 Å². The molecule has 0 aromatic heterocycles. The Balaban J connectivity index is 3.11. The quantitative estimate of drug-likeness (QED) is 0.223. The lowest BCUT2D eigenvalue weighted by molar-refractivity contribution is -0.146. The summed E-state index contributed by atoms with van der Waals surface area (Å²) in [5.74, 6) is -2.21. The first-order valence-corrected chi connectivity index (χ1v) is 8.43. The van der Waals surface area contributed by atoms with E-state index in [4.69, 9.17) is 10.3 Å². The minimum atomic E-state index is -1.02. The van der Waals surface area contributed by atoms with Crippen LogP contribution in [-0.2, 0) is 9.53 Å². The maximum atomic E-state index is 13.8. The van der Waals surface area contributed by atoms with E-state index in [-0.39, 0.29) is 17.6 Å². The summed E-state index contributed by atoms with van der Waals surface area (Å²) < 4.78 is 19.4. The first-order chi connectivity index (χ1) is 10.8. The predicted octanol–water partition coefficient (Wildman–Crippen LogP) is 4.86. The lowest BCUT2D eigenvalue weighted by Crippen LogP contribution is -2.22. The lowest BCUT2D eigenvalue weighted by Gasteiger charge is -2.17. The van der Waals surface area contributed by atoms with Gasteiger partial charge in [0.25, 0.3) is 5.91 Å². The van der Waals surface area contributed by atoms with E-state index in [9.17, 15) is 14.0 Å².